The van der Waals surface area contributed by atoms with Gasteiger partial charge in [-0.25, -0.2) is 0 Å². The normalized spacial score (nSPS) is 17.9. The zero-order valence-corrected chi connectivity index (χ0v) is 13.6. The summed E-state index contributed by atoms with van der Waals surface area (Å²) in [7, 11) is 1.53. The molecule has 2 aliphatic rings. The summed E-state index contributed by atoms with van der Waals surface area (Å²) in [6, 6.07) is 6.19. The molecule has 1 aromatic carbocycles. The number of carbonyl (C=O) groups excluding carboxylic acids is 2. The lowest BCUT2D eigenvalue weighted by molar-refractivity contribution is -0.136. The van der Waals surface area contributed by atoms with Crippen molar-refractivity contribution in [2.24, 2.45) is 0 Å². The van der Waals surface area contributed by atoms with Gasteiger partial charge in [-0.1, -0.05) is 6.07 Å². The van der Waals surface area contributed by atoms with Gasteiger partial charge in [-0.05, 0) is 55.4 Å². The molecular weight excluding hydrogens is 292 g/mol. The molecule has 3 rings (SSSR count). The number of methoxy groups -OCH3 is 1. The average Bonchev–Trinajstić information content (AvgIpc) is 3.03. The molecule has 5 nitrogen and oxygen atoms in total. The van der Waals surface area contributed by atoms with Crippen molar-refractivity contribution >= 4 is 11.8 Å². The van der Waals surface area contributed by atoms with Gasteiger partial charge in [0.15, 0.2) is 0 Å². The van der Waals surface area contributed by atoms with Crippen molar-refractivity contribution in [2.45, 2.75) is 38.1 Å². The molecule has 0 spiro atoms. The molecule has 1 saturated heterocycles. The first-order valence-corrected chi connectivity index (χ1v) is 8.37. The van der Waals surface area contributed by atoms with Gasteiger partial charge >= 0.3 is 0 Å². The van der Waals surface area contributed by atoms with E-state index in [9.17, 15) is 9.59 Å². The second kappa shape index (κ2) is 7.13. The molecule has 5 heteroatoms. The van der Waals surface area contributed by atoms with Crippen molar-refractivity contribution < 1.29 is 14.3 Å². The van der Waals surface area contributed by atoms with Gasteiger partial charge in [0.05, 0.1) is 0 Å². The molecule has 1 fully saturated rings. The first kappa shape index (κ1) is 16.0. The molecule has 23 heavy (non-hydrogen) atoms. The van der Waals surface area contributed by atoms with Crippen LogP contribution in [0.25, 0.3) is 0 Å². The van der Waals surface area contributed by atoms with Gasteiger partial charge in [0.2, 0.25) is 5.91 Å². The van der Waals surface area contributed by atoms with Crippen LogP contribution >= 0.6 is 0 Å². The number of rotatable bonds is 4. The van der Waals surface area contributed by atoms with E-state index in [0.29, 0.717) is 13.1 Å². The van der Waals surface area contributed by atoms with Crippen LogP contribution in [0.3, 0.4) is 0 Å². The summed E-state index contributed by atoms with van der Waals surface area (Å²) >= 11 is 0. The summed E-state index contributed by atoms with van der Waals surface area (Å²) in [5.41, 5.74) is 3.45. The number of aryl methyl sites for hydroxylation is 2. The van der Waals surface area contributed by atoms with E-state index in [-0.39, 0.29) is 24.5 Å². The first-order chi connectivity index (χ1) is 11.2. The molecule has 0 aromatic heterocycles. The molecule has 0 atom stereocenters. The fraction of sp³-hybridized carbons (Fsp3) is 0.556. The number of benzene rings is 1. The molecule has 0 unspecified atom stereocenters. The Kier molecular flexibility index (Phi) is 4.96. The van der Waals surface area contributed by atoms with Crippen LogP contribution in [0.5, 0.6) is 0 Å². The van der Waals surface area contributed by atoms with Gasteiger partial charge in [-0.3, -0.25) is 9.59 Å². The summed E-state index contributed by atoms with van der Waals surface area (Å²) in [5.74, 6) is 0.0252. The Morgan fingerprint density at radius 3 is 2.70 bits per heavy atom. The monoisotopic (exact) mass is 316 g/mol. The van der Waals surface area contributed by atoms with E-state index in [4.69, 9.17) is 4.74 Å². The molecule has 1 heterocycles. The van der Waals surface area contributed by atoms with E-state index in [0.717, 1.165) is 31.2 Å². The van der Waals surface area contributed by atoms with Gasteiger partial charge in [0.25, 0.3) is 5.91 Å². The largest absolute Gasteiger partial charge is 0.375 e. The molecule has 0 bridgehead atoms. The van der Waals surface area contributed by atoms with E-state index < -0.39 is 0 Å². The third-order valence-electron chi connectivity index (χ3n) is 4.81. The molecule has 1 aromatic rings. The number of hydrogen-bond acceptors (Lipinski definition) is 3. The molecule has 2 amide bonds. The number of piperidine rings is 1. The van der Waals surface area contributed by atoms with E-state index in [1.165, 1.54) is 24.7 Å². The zero-order chi connectivity index (χ0) is 16.2. The highest BCUT2D eigenvalue weighted by molar-refractivity contribution is 5.94. The van der Waals surface area contributed by atoms with Gasteiger partial charge in [0, 0.05) is 31.8 Å². The lowest BCUT2D eigenvalue weighted by Crippen LogP contribution is -2.47. The van der Waals surface area contributed by atoms with Gasteiger partial charge in [0.1, 0.15) is 6.61 Å². The van der Waals surface area contributed by atoms with Crippen molar-refractivity contribution in [3.8, 4) is 0 Å². The second-order valence-electron chi connectivity index (χ2n) is 6.40. The molecular formula is C18H24N2O3. The van der Waals surface area contributed by atoms with Crippen molar-refractivity contribution in [1.29, 1.82) is 0 Å². The van der Waals surface area contributed by atoms with Gasteiger partial charge in [-0.15, -0.1) is 0 Å². The minimum absolute atomic E-state index is 0.00127. The predicted octanol–water partition coefficient (Wildman–Crippen LogP) is 1.54. The average molecular weight is 316 g/mol. The van der Waals surface area contributed by atoms with E-state index in [1.807, 2.05) is 17.0 Å². The van der Waals surface area contributed by atoms with Crippen LogP contribution in [0.4, 0.5) is 0 Å². The van der Waals surface area contributed by atoms with Gasteiger partial charge in [-0.2, -0.15) is 0 Å². The quantitative estimate of drug-likeness (QED) is 0.917. The Morgan fingerprint density at radius 2 is 1.96 bits per heavy atom. The first-order valence-electron chi connectivity index (χ1n) is 8.37. The maximum absolute atomic E-state index is 12.4. The van der Waals surface area contributed by atoms with E-state index in [2.05, 4.69) is 11.4 Å². The lowest BCUT2D eigenvalue weighted by atomic mass is 10.0. The van der Waals surface area contributed by atoms with Crippen LogP contribution < -0.4 is 5.32 Å². The molecule has 1 aliphatic heterocycles. The number of carbonyl (C=O) groups is 2. The Morgan fingerprint density at radius 1 is 1.22 bits per heavy atom. The number of ether oxygens (including phenoxy) is 1. The predicted molar refractivity (Wildman–Crippen MR) is 87.4 cm³/mol. The maximum atomic E-state index is 12.4. The number of amides is 2. The summed E-state index contributed by atoms with van der Waals surface area (Å²) in [6.07, 6.45) is 4.99. The Labute approximate surface area is 137 Å². The van der Waals surface area contributed by atoms with Crippen molar-refractivity contribution in [3.63, 3.8) is 0 Å². The number of fused-ring (bicyclic) bond motifs is 1. The molecule has 0 radical (unpaired) electrons. The summed E-state index contributed by atoms with van der Waals surface area (Å²) in [4.78, 5) is 26.0. The highest BCUT2D eigenvalue weighted by atomic mass is 16.5. The number of nitrogens with one attached hydrogen (secondary N) is 1. The topological polar surface area (TPSA) is 58.6 Å². The number of nitrogens with zero attached hydrogens (tertiary/aromatic N) is 1. The third-order valence-corrected chi connectivity index (χ3v) is 4.81. The van der Waals surface area contributed by atoms with Crippen LogP contribution in [-0.2, 0) is 22.4 Å². The Hall–Kier alpha value is -1.88. The van der Waals surface area contributed by atoms with Crippen molar-refractivity contribution in [3.05, 3.63) is 34.9 Å². The summed E-state index contributed by atoms with van der Waals surface area (Å²) < 4.78 is 4.88. The fourth-order valence-electron chi connectivity index (χ4n) is 3.47. The Balaban J connectivity index is 1.52. The minimum Gasteiger partial charge on any atom is -0.375 e. The standard InChI is InChI=1S/C18H24N2O3/c1-23-12-17(21)20-9-7-16(8-10-20)19-18(22)15-6-5-13-3-2-4-14(13)11-15/h5-6,11,16H,2-4,7-10,12H2,1H3,(H,19,22). The summed E-state index contributed by atoms with van der Waals surface area (Å²) in [6.45, 7) is 1.49. The molecule has 1 aliphatic carbocycles. The van der Waals surface area contributed by atoms with Crippen LogP contribution in [-0.4, -0.2) is 49.6 Å². The SMILES string of the molecule is COCC(=O)N1CCC(NC(=O)c2ccc3c(c2)CCC3)CC1. The van der Waals surface area contributed by atoms with Crippen molar-refractivity contribution in [1.82, 2.24) is 10.2 Å². The smallest absolute Gasteiger partial charge is 0.251 e. The highest BCUT2D eigenvalue weighted by Crippen LogP contribution is 2.23. The summed E-state index contributed by atoms with van der Waals surface area (Å²) in [5, 5.41) is 3.11. The third kappa shape index (κ3) is 3.72. The van der Waals surface area contributed by atoms with Crippen LogP contribution in [0.1, 0.15) is 40.7 Å². The molecule has 1 N–H and O–H groups in total. The number of likely N-dealkylation sites (tertiary alicyclic amines) is 1. The maximum Gasteiger partial charge on any atom is 0.251 e. The molecule has 124 valence electrons. The number of hydrogen-bond donors (Lipinski definition) is 1. The zero-order valence-electron chi connectivity index (χ0n) is 13.6. The highest BCUT2D eigenvalue weighted by Gasteiger charge is 2.24. The van der Waals surface area contributed by atoms with E-state index >= 15 is 0 Å². The lowest BCUT2D eigenvalue weighted by Gasteiger charge is -2.32. The van der Waals surface area contributed by atoms with Crippen LogP contribution in [0, 0.1) is 0 Å². The van der Waals surface area contributed by atoms with Gasteiger partial charge < -0.3 is 15.0 Å². The van der Waals surface area contributed by atoms with Crippen LogP contribution in [0.15, 0.2) is 18.2 Å². The fourth-order valence-corrected chi connectivity index (χ4v) is 3.47. The Bertz CT molecular complexity index is 592. The second-order valence-corrected chi connectivity index (χ2v) is 6.40. The van der Waals surface area contributed by atoms with Crippen molar-refractivity contribution in [2.75, 3.05) is 26.8 Å². The minimum atomic E-state index is 0.00127. The van der Waals surface area contributed by atoms with Crippen LogP contribution in [0.2, 0.25) is 0 Å². The van der Waals surface area contributed by atoms with E-state index in [1.54, 1.807) is 0 Å². The molecule has 0 saturated carbocycles.